The fourth-order valence-electron chi connectivity index (χ4n) is 3.15. The van der Waals surface area contributed by atoms with Crippen LogP contribution in [0.4, 0.5) is 0 Å². The average Bonchev–Trinajstić information content (AvgIpc) is 3.11. The van der Waals surface area contributed by atoms with E-state index in [1.54, 1.807) is 0 Å². The van der Waals surface area contributed by atoms with Crippen LogP contribution in [-0.2, 0) is 0 Å². The fourth-order valence-corrected chi connectivity index (χ4v) is 3.15. The van der Waals surface area contributed by atoms with Crippen LogP contribution in [0, 0.1) is 6.92 Å². The Hall–Kier alpha value is -1.58. The van der Waals surface area contributed by atoms with Crippen LogP contribution in [0.15, 0.2) is 46.9 Å². The van der Waals surface area contributed by atoms with Gasteiger partial charge >= 0.3 is 0 Å². The molecule has 1 saturated heterocycles. The maximum Gasteiger partial charge on any atom is 0.122 e. The predicted molar refractivity (Wildman–Crippen MR) is 80.6 cm³/mol. The summed E-state index contributed by atoms with van der Waals surface area (Å²) in [7, 11) is 0. The van der Waals surface area contributed by atoms with Crippen molar-refractivity contribution >= 4 is 0 Å². The highest BCUT2D eigenvalue weighted by atomic mass is 16.3. The molecule has 1 aliphatic heterocycles. The number of aryl methyl sites for hydroxylation is 1. The lowest BCUT2D eigenvalue weighted by Gasteiger charge is -2.25. The van der Waals surface area contributed by atoms with Crippen molar-refractivity contribution in [3.05, 3.63) is 59.5 Å². The topological polar surface area (TPSA) is 42.4 Å². The van der Waals surface area contributed by atoms with Gasteiger partial charge in [0, 0.05) is 13.1 Å². The van der Waals surface area contributed by atoms with E-state index in [1.165, 1.54) is 12.0 Å². The molecule has 2 heterocycles. The third-order valence-corrected chi connectivity index (χ3v) is 4.24. The van der Waals surface area contributed by atoms with E-state index in [0.29, 0.717) is 12.5 Å². The van der Waals surface area contributed by atoms with Crippen molar-refractivity contribution < 1.29 is 4.42 Å². The largest absolute Gasteiger partial charge is 0.465 e. The first-order valence-electron chi connectivity index (χ1n) is 7.33. The molecule has 2 N–H and O–H groups in total. The Morgan fingerprint density at radius 3 is 2.70 bits per heavy atom. The monoisotopic (exact) mass is 270 g/mol. The van der Waals surface area contributed by atoms with Gasteiger partial charge in [-0.25, -0.2) is 0 Å². The van der Waals surface area contributed by atoms with Gasteiger partial charge in [0.1, 0.15) is 11.5 Å². The quantitative estimate of drug-likeness (QED) is 0.928. The Bertz CT molecular complexity index is 549. The van der Waals surface area contributed by atoms with E-state index in [-0.39, 0.29) is 6.04 Å². The third-order valence-electron chi connectivity index (χ3n) is 4.24. The number of nitrogens with two attached hydrogens (primary N) is 1. The lowest BCUT2D eigenvalue weighted by atomic mass is 9.99. The summed E-state index contributed by atoms with van der Waals surface area (Å²) >= 11 is 0. The summed E-state index contributed by atoms with van der Waals surface area (Å²) in [6, 6.07) is 15.0. The minimum atomic E-state index is 0.206. The molecule has 0 amide bonds. The molecule has 2 unspecified atom stereocenters. The number of nitrogens with zero attached hydrogens (tertiary/aromatic N) is 1. The zero-order valence-corrected chi connectivity index (χ0v) is 12.0. The van der Waals surface area contributed by atoms with Gasteiger partial charge in [0.2, 0.25) is 0 Å². The van der Waals surface area contributed by atoms with E-state index in [9.17, 15) is 0 Å². The Morgan fingerprint density at radius 1 is 1.25 bits per heavy atom. The van der Waals surface area contributed by atoms with Gasteiger partial charge in [0.25, 0.3) is 0 Å². The molecular weight excluding hydrogens is 248 g/mol. The van der Waals surface area contributed by atoms with Crippen molar-refractivity contribution in [3.8, 4) is 0 Å². The van der Waals surface area contributed by atoms with Crippen LogP contribution in [0.5, 0.6) is 0 Å². The predicted octanol–water partition coefficient (Wildman–Crippen LogP) is 3.08. The molecule has 2 aromatic rings. The molecule has 1 aromatic heterocycles. The number of rotatable bonds is 4. The maximum absolute atomic E-state index is 5.98. The van der Waals surface area contributed by atoms with Crippen molar-refractivity contribution in [2.24, 2.45) is 5.73 Å². The second-order valence-electron chi connectivity index (χ2n) is 5.59. The molecule has 0 saturated carbocycles. The highest BCUT2D eigenvalue weighted by molar-refractivity contribution is 5.21. The number of hydrogen-bond donors (Lipinski definition) is 1. The van der Waals surface area contributed by atoms with Crippen molar-refractivity contribution in [2.45, 2.75) is 25.3 Å². The Kier molecular flexibility index (Phi) is 3.90. The molecule has 20 heavy (non-hydrogen) atoms. The van der Waals surface area contributed by atoms with Crippen LogP contribution in [-0.4, -0.2) is 24.5 Å². The van der Waals surface area contributed by atoms with E-state index in [0.717, 1.165) is 24.6 Å². The molecule has 3 heteroatoms. The lowest BCUT2D eigenvalue weighted by molar-refractivity contribution is 0.216. The van der Waals surface area contributed by atoms with Crippen LogP contribution in [0.3, 0.4) is 0 Å². The smallest absolute Gasteiger partial charge is 0.122 e. The number of likely N-dealkylation sites (tertiary alicyclic amines) is 1. The molecule has 1 aliphatic rings. The van der Waals surface area contributed by atoms with Crippen molar-refractivity contribution in [1.82, 2.24) is 4.90 Å². The minimum absolute atomic E-state index is 0.206. The van der Waals surface area contributed by atoms with Crippen LogP contribution in [0.2, 0.25) is 0 Å². The van der Waals surface area contributed by atoms with E-state index in [1.807, 2.05) is 13.0 Å². The molecule has 0 bridgehead atoms. The van der Waals surface area contributed by atoms with Gasteiger partial charge in [-0.05, 0) is 43.5 Å². The number of hydrogen-bond acceptors (Lipinski definition) is 3. The molecular formula is C17H22N2O. The molecule has 0 radical (unpaired) electrons. The molecule has 0 spiro atoms. The van der Waals surface area contributed by atoms with E-state index < -0.39 is 0 Å². The molecule has 106 valence electrons. The van der Waals surface area contributed by atoms with E-state index in [2.05, 4.69) is 41.3 Å². The van der Waals surface area contributed by atoms with Gasteiger partial charge < -0.3 is 10.2 Å². The van der Waals surface area contributed by atoms with Gasteiger partial charge in [-0.2, -0.15) is 0 Å². The third kappa shape index (κ3) is 2.65. The first-order chi connectivity index (χ1) is 9.78. The Balaban J connectivity index is 1.72. The van der Waals surface area contributed by atoms with Gasteiger partial charge in [0.15, 0.2) is 0 Å². The van der Waals surface area contributed by atoms with Gasteiger partial charge in [-0.3, -0.25) is 4.90 Å². The summed E-state index contributed by atoms with van der Waals surface area (Å²) in [4.78, 5) is 2.45. The minimum Gasteiger partial charge on any atom is -0.465 e. The summed E-state index contributed by atoms with van der Waals surface area (Å²) in [5, 5.41) is 0. The Labute approximate surface area is 120 Å². The SMILES string of the molecule is Cc1ccc(C(CN)N2CCC(c3ccccc3)C2)o1. The zero-order chi connectivity index (χ0) is 13.9. The Morgan fingerprint density at radius 2 is 2.05 bits per heavy atom. The molecule has 0 aliphatic carbocycles. The van der Waals surface area contributed by atoms with Gasteiger partial charge in [-0.15, -0.1) is 0 Å². The van der Waals surface area contributed by atoms with E-state index in [4.69, 9.17) is 10.2 Å². The maximum atomic E-state index is 5.98. The first-order valence-corrected chi connectivity index (χ1v) is 7.33. The molecule has 1 fully saturated rings. The second-order valence-corrected chi connectivity index (χ2v) is 5.59. The highest BCUT2D eigenvalue weighted by Crippen LogP contribution is 2.33. The van der Waals surface area contributed by atoms with Crippen molar-refractivity contribution in [2.75, 3.05) is 19.6 Å². The molecule has 3 nitrogen and oxygen atoms in total. The van der Waals surface area contributed by atoms with Gasteiger partial charge in [0.05, 0.1) is 6.04 Å². The average molecular weight is 270 g/mol. The molecule has 3 rings (SSSR count). The normalized spacial score (nSPS) is 21.2. The van der Waals surface area contributed by atoms with Crippen LogP contribution < -0.4 is 5.73 Å². The van der Waals surface area contributed by atoms with E-state index >= 15 is 0 Å². The first kappa shape index (κ1) is 13.4. The second kappa shape index (κ2) is 5.81. The highest BCUT2D eigenvalue weighted by Gasteiger charge is 2.30. The van der Waals surface area contributed by atoms with Crippen LogP contribution in [0.1, 0.15) is 35.5 Å². The summed E-state index contributed by atoms with van der Waals surface area (Å²) < 4.78 is 5.77. The summed E-state index contributed by atoms with van der Waals surface area (Å²) in [6.45, 7) is 4.73. The van der Waals surface area contributed by atoms with Crippen LogP contribution in [0.25, 0.3) is 0 Å². The molecule has 2 atom stereocenters. The number of furan rings is 1. The standard InChI is InChI=1S/C17H22N2O/c1-13-7-8-17(20-13)16(11-18)19-10-9-15(12-19)14-5-3-2-4-6-14/h2-8,15-16H,9-12,18H2,1H3. The summed E-state index contributed by atoms with van der Waals surface area (Å²) in [5.74, 6) is 2.57. The number of benzene rings is 1. The summed E-state index contributed by atoms with van der Waals surface area (Å²) in [5.41, 5.74) is 7.41. The zero-order valence-electron chi connectivity index (χ0n) is 12.0. The van der Waals surface area contributed by atoms with Crippen molar-refractivity contribution in [1.29, 1.82) is 0 Å². The van der Waals surface area contributed by atoms with Crippen molar-refractivity contribution in [3.63, 3.8) is 0 Å². The molecule has 1 aromatic carbocycles. The fraction of sp³-hybridized carbons (Fsp3) is 0.412. The van der Waals surface area contributed by atoms with Crippen LogP contribution >= 0.6 is 0 Å². The van der Waals surface area contributed by atoms with Gasteiger partial charge in [-0.1, -0.05) is 30.3 Å². The summed E-state index contributed by atoms with van der Waals surface area (Å²) in [6.07, 6.45) is 1.19. The lowest BCUT2D eigenvalue weighted by Crippen LogP contribution is -2.31.